The van der Waals surface area contributed by atoms with Crippen LogP contribution in [0.25, 0.3) is 0 Å². The largest absolute Gasteiger partial charge is 0.492 e. The summed E-state index contributed by atoms with van der Waals surface area (Å²) >= 11 is 0. The molecule has 3 rings (SSSR count). The minimum Gasteiger partial charge on any atom is -0.492 e. The maximum Gasteiger partial charge on any atom is 0.258 e. The third kappa shape index (κ3) is 4.69. The number of carbonyl (C=O) groups is 1. The molecule has 2 N–H and O–H groups in total. The zero-order chi connectivity index (χ0) is 20.1. The van der Waals surface area contributed by atoms with Gasteiger partial charge >= 0.3 is 0 Å². The van der Waals surface area contributed by atoms with E-state index in [2.05, 4.69) is 10.0 Å². The zero-order valence-corrected chi connectivity index (χ0v) is 16.4. The summed E-state index contributed by atoms with van der Waals surface area (Å²) in [6.45, 7) is 2.10. The second-order valence-corrected chi connectivity index (χ2v) is 8.34. The third-order valence-corrected chi connectivity index (χ3v) is 6.12. The molecule has 0 bridgehead atoms. The number of amides is 1. The number of anilines is 1. The van der Waals surface area contributed by atoms with Crippen molar-refractivity contribution >= 4 is 21.6 Å². The van der Waals surface area contributed by atoms with Crippen molar-refractivity contribution in [3.8, 4) is 5.75 Å². The first-order valence-corrected chi connectivity index (χ1v) is 10.7. The molecule has 0 saturated heterocycles. The van der Waals surface area contributed by atoms with Crippen molar-refractivity contribution in [1.82, 2.24) is 4.72 Å². The first-order valence-electron chi connectivity index (χ1n) is 9.26. The van der Waals surface area contributed by atoms with Gasteiger partial charge in [-0.2, -0.15) is 0 Å². The average molecular weight is 406 g/mol. The van der Waals surface area contributed by atoms with Gasteiger partial charge in [0.25, 0.3) is 5.91 Å². The molecule has 6 nitrogen and oxygen atoms in total. The zero-order valence-electron chi connectivity index (χ0n) is 15.6. The molecule has 0 heterocycles. The minimum atomic E-state index is -3.74. The summed E-state index contributed by atoms with van der Waals surface area (Å²) in [6.07, 6.45) is 3.63. The average Bonchev–Trinajstić information content (AvgIpc) is 3.15. The fourth-order valence-electron chi connectivity index (χ4n) is 3.22. The number of halogens is 1. The van der Waals surface area contributed by atoms with E-state index in [-0.39, 0.29) is 22.2 Å². The Balaban J connectivity index is 1.89. The topological polar surface area (TPSA) is 84.5 Å². The van der Waals surface area contributed by atoms with Gasteiger partial charge in [-0.1, -0.05) is 25.0 Å². The minimum absolute atomic E-state index is 0.0201. The van der Waals surface area contributed by atoms with E-state index in [1.54, 1.807) is 13.0 Å². The Morgan fingerprint density at radius 2 is 1.89 bits per heavy atom. The van der Waals surface area contributed by atoms with E-state index in [1.807, 2.05) is 0 Å². The predicted molar refractivity (Wildman–Crippen MR) is 105 cm³/mol. The first kappa shape index (κ1) is 20.3. The molecule has 1 aliphatic carbocycles. The molecule has 0 spiro atoms. The van der Waals surface area contributed by atoms with Crippen molar-refractivity contribution in [2.45, 2.75) is 43.5 Å². The third-order valence-electron chi connectivity index (χ3n) is 4.60. The van der Waals surface area contributed by atoms with Gasteiger partial charge in [0, 0.05) is 6.04 Å². The van der Waals surface area contributed by atoms with Crippen LogP contribution in [0.4, 0.5) is 10.1 Å². The molecule has 1 saturated carbocycles. The molecule has 8 heteroatoms. The highest BCUT2D eigenvalue weighted by atomic mass is 32.2. The second-order valence-electron chi connectivity index (χ2n) is 6.63. The Morgan fingerprint density at radius 3 is 2.57 bits per heavy atom. The number of carbonyl (C=O) groups excluding carboxylic acids is 1. The molecule has 2 aromatic rings. The number of hydrogen-bond acceptors (Lipinski definition) is 4. The highest BCUT2D eigenvalue weighted by Gasteiger charge is 2.24. The lowest BCUT2D eigenvalue weighted by molar-refractivity contribution is 0.102. The van der Waals surface area contributed by atoms with Crippen LogP contribution in [-0.4, -0.2) is 27.0 Å². The Hall–Kier alpha value is -2.45. The highest BCUT2D eigenvalue weighted by molar-refractivity contribution is 7.89. The molecule has 0 aliphatic heterocycles. The van der Waals surface area contributed by atoms with E-state index in [0.717, 1.165) is 25.7 Å². The van der Waals surface area contributed by atoms with Crippen LogP contribution in [-0.2, 0) is 10.0 Å². The highest BCUT2D eigenvalue weighted by Crippen LogP contribution is 2.29. The predicted octanol–water partition coefficient (Wildman–Crippen LogP) is 3.70. The standard InChI is InChI=1S/C20H23FN2O4S/c1-2-27-19-12-11-15(28(25,26)23-14-7-3-4-8-14)13-18(19)22-20(24)16-9-5-6-10-17(16)21/h5-6,9-14,23H,2-4,7-8H2,1H3,(H,22,24). The van der Waals surface area contributed by atoms with E-state index in [4.69, 9.17) is 4.74 Å². The summed E-state index contributed by atoms with van der Waals surface area (Å²) in [4.78, 5) is 12.5. The molecule has 150 valence electrons. The number of nitrogens with one attached hydrogen (secondary N) is 2. The number of rotatable bonds is 7. The maximum absolute atomic E-state index is 13.9. The summed E-state index contributed by atoms with van der Waals surface area (Å²) in [7, 11) is -3.74. The van der Waals surface area contributed by atoms with Crippen molar-refractivity contribution in [1.29, 1.82) is 0 Å². The van der Waals surface area contributed by atoms with Crippen LogP contribution in [0.1, 0.15) is 43.0 Å². The van der Waals surface area contributed by atoms with Crippen LogP contribution in [0.15, 0.2) is 47.4 Å². The van der Waals surface area contributed by atoms with Crippen LogP contribution in [0.5, 0.6) is 5.75 Å². The molecular weight excluding hydrogens is 383 g/mol. The monoisotopic (exact) mass is 406 g/mol. The molecule has 1 amide bonds. The van der Waals surface area contributed by atoms with Gasteiger partial charge in [-0.05, 0) is 50.1 Å². The Bertz CT molecular complexity index is 956. The van der Waals surface area contributed by atoms with Crippen LogP contribution < -0.4 is 14.8 Å². The molecule has 0 unspecified atom stereocenters. The molecule has 0 radical (unpaired) electrons. The van der Waals surface area contributed by atoms with Gasteiger partial charge in [-0.15, -0.1) is 0 Å². The normalized spacial score (nSPS) is 14.8. The van der Waals surface area contributed by atoms with E-state index in [9.17, 15) is 17.6 Å². The molecule has 0 atom stereocenters. The summed E-state index contributed by atoms with van der Waals surface area (Å²) in [5.41, 5.74) is 0.0340. The number of benzene rings is 2. The lowest BCUT2D eigenvalue weighted by Crippen LogP contribution is -2.32. The molecular formula is C20H23FN2O4S. The Kier molecular flexibility index (Phi) is 6.31. The molecule has 1 aliphatic rings. The van der Waals surface area contributed by atoms with Crippen molar-refractivity contribution < 1.29 is 22.3 Å². The summed E-state index contributed by atoms with van der Waals surface area (Å²) in [5.74, 6) is -1.03. The summed E-state index contributed by atoms with van der Waals surface area (Å²) in [6, 6.07) is 9.75. The van der Waals surface area contributed by atoms with Crippen LogP contribution in [0.3, 0.4) is 0 Å². The van der Waals surface area contributed by atoms with Crippen molar-refractivity contribution in [2.75, 3.05) is 11.9 Å². The SMILES string of the molecule is CCOc1ccc(S(=O)(=O)NC2CCCC2)cc1NC(=O)c1ccccc1F. The van der Waals surface area contributed by atoms with Crippen molar-refractivity contribution in [2.24, 2.45) is 0 Å². The molecule has 2 aromatic carbocycles. The molecule has 28 heavy (non-hydrogen) atoms. The van der Waals surface area contributed by atoms with Gasteiger partial charge in [0.05, 0.1) is 22.8 Å². The van der Waals surface area contributed by atoms with Crippen molar-refractivity contribution in [3.05, 3.63) is 53.8 Å². The van der Waals surface area contributed by atoms with Crippen molar-refractivity contribution in [3.63, 3.8) is 0 Å². The van der Waals surface area contributed by atoms with Crippen LogP contribution in [0.2, 0.25) is 0 Å². The van der Waals surface area contributed by atoms with E-state index in [1.165, 1.54) is 36.4 Å². The summed E-state index contributed by atoms with van der Waals surface area (Å²) < 4.78 is 47.5. The number of hydrogen-bond donors (Lipinski definition) is 2. The van der Waals surface area contributed by atoms with E-state index < -0.39 is 21.7 Å². The van der Waals surface area contributed by atoms with Crippen LogP contribution in [0, 0.1) is 5.82 Å². The quantitative estimate of drug-likeness (QED) is 0.734. The summed E-state index contributed by atoms with van der Waals surface area (Å²) in [5, 5.41) is 2.56. The fraction of sp³-hybridized carbons (Fsp3) is 0.350. The fourth-order valence-corrected chi connectivity index (χ4v) is 4.55. The van der Waals surface area contributed by atoms with Gasteiger partial charge < -0.3 is 10.1 Å². The Morgan fingerprint density at radius 1 is 1.18 bits per heavy atom. The van der Waals surface area contributed by atoms with Crippen LogP contribution >= 0.6 is 0 Å². The van der Waals surface area contributed by atoms with Gasteiger partial charge in [0.1, 0.15) is 11.6 Å². The maximum atomic E-state index is 13.9. The molecule has 0 aromatic heterocycles. The van der Waals surface area contributed by atoms with Gasteiger partial charge in [-0.3, -0.25) is 4.79 Å². The van der Waals surface area contributed by atoms with Gasteiger partial charge in [-0.25, -0.2) is 17.5 Å². The molecule has 1 fully saturated rings. The van der Waals surface area contributed by atoms with Gasteiger partial charge in [0.15, 0.2) is 0 Å². The number of sulfonamides is 1. The van der Waals surface area contributed by atoms with E-state index >= 15 is 0 Å². The lowest BCUT2D eigenvalue weighted by Gasteiger charge is -2.16. The van der Waals surface area contributed by atoms with Gasteiger partial charge in [0.2, 0.25) is 10.0 Å². The smallest absolute Gasteiger partial charge is 0.258 e. The first-order chi connectivity index (χ1) is 13.4. The Labute approximate surface area is 164 Å². The van der Waals surface area contributed by atoms with E-state index in [0.29, 0.717) is 12.4 Å². The number of ether oxygens (including phenoxy) is 1. The lowest BCUT2D eigenvalue weighted by atomic mass is 10.2. The second kappa shape index (κ2) is 8.70.